The number of rotatable bonds is 5. The molecule has 0 aliphatic heterocycles. The molecule has 0 radical (unpaired) electrons. The Bertz CT molecular complexity index is 1140. The van der Waals surface area contributed by atoms with Gasteiger partial charge in [0.1, 0.15) is 6.54 Å². The smallest absolute Gasteiger partial charge is 0.420 e. The van der Waals surface area contributed by atoms with E-state index in [0.29, 0.717) is 17.0 Å². The van der Waals surface area contributed by atoms with Crippen LogP contribution in [-0.4, -0.2) is 20.7 Å². The standard InChI is InChI=1S/C19H15N3O5/c1-12(17-20-21-18(27-17)13-7-3-2-4-8-13)25-16(23)11-22-14-9-5-6-10-15(14)26-19(22)24/h2-10,12H,11H2,1H3/t12-/m1/s1. The second-order valence-corrected chi connectivity index (χ2v) is 5.87. The van der Waals surface area contributed by atoms with E-state index in [4.69, 9.17) is 13.6 Å². The van der Waals surface area contributed by atoms with Gasteiger partial charge in [0, 0.05) is 5.56 Å². The average Bonchev–Trinajstić information content (AvgIpc) is 3.28. The van der Waals surface area contributed by atoms with Crippen molar-refractivity contribution < 1.29 is 18.4 Å². The van der Waals surface area contributed by atoms with Crippen molar-refractivity contribution in [3.05, 3.63) is 71.0 Å². The lowest BCUT2D eigenvalue weighted by molar-refractivity contribution is -0.150. The van der Waals surface area contributed by atoms with E-state index in [0.717, 1.165) is 5.56 Å². The SMILES string of the molecule is C[C@@H](OC(=O)Cn1c(=O)oc2ccccc21)c1nnc(-c2ccccc2)o1. The second-order valence-electron chi connectivity index (χ2n) is 5.87. The highest BCUT2D eigenvalue weighted by atomic mass is 16.6. The monoisotopic (exact) mass is 365 g/mol. The number of fused-ring (bicyclic) bond motifs is 1. The van der Waals surface area contributed by atoms with Crippen molar-refractivity contribution in [2.24, 2.45) is 0 Å². The molecule has 136 valence electrons. The van der Waals surface area contributed by atoms with Crippen molar-refractivity contribution >= 4 is 17.1 Å². The van der Waals surface area contributed by atoms with Crippen molar-refractivity contribution in [3.63, 3.8) is 0 Å². The van der Waals surface area contributed by atoms with E-state index in [-0.39, 0.29) is 12.4 Å². The molecule has 0 bridgehead atoms. The van der Waals surface area contributed by atoms with E-state index in [9.17, 15) is 9.59 Å². The van der Waals surface area contributed by atoms with Crippen LogP contribution in [0, 0.1) is 0 Å². The number of carbonyl (C=O) groups excluding carboxylic acids is 1. The molecule has 2 aromatic carbocycles. The second kappa shape index (κ2) is 6.91. The Hall–Kier alpha value is -3.68. The number of nitrogens with zero attached hydrogens (tertiary/aromatic N) is 3. The Morgan fingerprint density at radius 3 is 2.63 bits per heavy atom. The maximum Gasteiger partial charge on any atom is 0.420 e. The third-order valence-corrected chi connectivity index (χ3v) is 3.98. The molecule has 0 amide bonds. The summed E-state index contributed by atoms with van der Waals surface area (Å²) in [5.74, 6) is -0.724. The van der Waals surface area contributed by atoms with Crippen molar-refractivity contribution in [3.8, 4) is 11.5 Å². The summed E-state index contributed by atoms with van der Waals surface area (Å²) in [7, 11) is 0. The predicted molar refractivity (Wildman–Crippen MR) is 94.7 cm³/mol. The largest absolute Gasteiger partial charge is 0.451 e. The van der Waals surface area contributed by atoms with Crippen LogP contribution in [0.25, 0.3) is 22.6 Å². The Balaban J connectivity index is 1.47. The quantitative estimate of drug-likeness (QED) is 0.501. The van der Waals surface area contributed by atoms with Gasteiger partial charge in [-0.3, -0.25) is 9.36 Å². The fourth-order valence-electron chi connectivity index (χ4n) is 2.67. The van der Waals surface area contributed by atoms with Gasteiger partial charge < -0.3 is 13.6 Å². The van der Waals surface area contributed by atoms with Crippen LogP contribution >= 0.6 is 0 Å². The maximum atomic E-state index is 12.3. The number of hydrogen-bond acceptors (Lipinski definition) is 7. The number of oxazole rings is 1. The average molecular weight is 365 g/mol. The summed E-state index contributed by atoms with van der Waals surface area (Å²) in [5, 5.41) is 7.90. The summed E-state index contributed by atoms with van der Waals surface area (Å²) < 4.78 is 17.2. The number of ether oxygens (including phenoxy) is 1. The molecule has 2 heterocycles. The van der Waals surface area contributed by atoms with Crippen LogP contribution in [0.3, 0.4) is 0 Å². The van der Waals surface area contributed by atoms with Gasteiger partial charge in [0.25, 0.3) is 5.89 Å². The van der Waals surface area contributed by atoms with Gasteiger partial charge in [-0.15, -0.1) is 10.2 Å². The molecular weight excluding hydrogens is 350 g/mol. The molecule has 2 aromatic heterocycles. The van der Waals surface area contributed by atoms with Gasteiger partial charge >= 0.3 is 11.7 Å². The van der Waals surface area contributed by atoms with Gasteiger partial charge in [-0.25, -0.2) is 4.79 Å². The summed E-state index contributed by atoms with van der Waals surface area (Å²) in [6.45, 7) is 1.34. The minimum Gasteiger partial charge on any atom is -0.451 e. The molecule has 4 aromatic rings. The Morgan fingerprint density at radius 1 is 1.07 bits per heavy atom. The maximum absolute atomic E-state index is 12.3. The molecule has 0 spiro atoms. The normalized spacial score (nSPS) is 12.2. The first-order valence-electron chi connectivity index (χ1n) is 8.28. The van der Waals surface area contributed by atoms with E-state index in [1.54, 1.807) is 31.2 Å². The first kappa shape index (κ1) is 16.8. The van der Waals surface area contributed by atoms with Crippen LogP contribution in [0.5, 0.6) is 0 Å². The van der Waals surface area contributed by atoms with E-state index >= 15 is 0 Å². The van der Waals surface area contributed by atoms with Crippen LogP contribution in [0.2, 0.25) is 0 Å². The first-order valence-corrected chi connectivity index (χ1v) is 8.28. The van der Waals surface area contributed by atoms with Crippen LogP contribution in [0.4, 0.5) is 0 Å². The summed E-state index contributed by atoms with van der Waals surface area (Å²) in [5.41, 5.74) is 1.70. The van der Waals surface area contributed by atoms with Gasteiger partial charge in [-0.05, 0) is 31.2 Å². The lowest BCUT2D eigenvalue weighted by atomic mass is 10.2. The Morgan fingerprint density at radius 2 is 1.81 bits per heavy atom. The van der Waals surface area contributed by atoms with Crippen molar-refractivity contribution in [2.45, 2.75) is 19.6 Å². The lowest BCUT2D eigenvalue weighted by Crippen LogP contribution is -2.22. The zero-order valence-electron chi connectivity index (χ0n) is 14.4. The van der Waals surface area contributed by atoms with Crippen LogP contribution in [-0.2, 0) is 16.1 Å². The zero-order valence-corrected chi connectivity index (χ0v) is 14.4. The number of para-hydroxylation sites is 2. The van der Waals surface area contributed by atoms with Crippen molar-refractivity contribution in [1.82, 2.24) is 14.8 Å². The van der Waals surface area contributed by atoms with Gasteiger partial charge in [0.2, 0.25) is 5.89 Å². The number of aromatic nitrogens is 3. The number of benzene rings is 2. The van der Waals surface area contributed by atoms with Gasteiger partial charge in [0.05, 0.1) is 5.52 Å². The minimum absolute atomic E-state index is 0.173. The summed E-state index contributed by atoms with van der Waals surface area (Å²) in [4.78, 5) is 24.2. The van der Waals surface area contributed by atoms with E-state index in [1.165, 1.54) is 4.57 Å². The highest BCUT2D eigenvalue weighted by Gasteiger charge is 2.20. The van der Waals surface area contributed by atoms with E-state index in [1.807, 2.05) is 30.3 Å². The highest BCUT2D eigenvalue weighted by molar-refractivity contribution is 5.76. The van der Waals surface area contributed by atoms with Gasteiger partial charge in [-0.2, -0.15) is 0 Å². The summed E-state index contributed by atoms with van der Waals surface area (Å²) in [6, 6.07) is 16.1. The third kappa shape index (κ3) is 3.37. The molecule has 4 rings (SSSR count). The third-order valence-electron chi connectivity index (χ3n) is 3.98. The zero-order chi connectivity index (χ0) is 18.8. The number of carbonyl (C=O) groups is 1. The lowest BCUT2D eigenvalue weighted by Gasteiger charge is -2.09. The fourth-order valence-corrected chi connectivity index (χ4v) is 2.67. The topological polar surface area (TPSA) is 100 Å². The molecule has 8 heteroatoms. The molecule has 0 saturated heterocycles. The molecule has 0 unspecified atom stereocenters. The van der Waals surface area contributed by atoms with Gasteiger partial charge in [-0.1, -0.05) is 30.3 Å². The number of hydrogen-bond donors (Lipinski definition) is 0. The molecule has 8 nitrogen and oxygen atoms in total. The van der Waals surface area contributed by atoms with Crippen molar-refractivity contribution in [2.75, 3.05) is 0 Å². The molecule has 1 atom stereocenters. The van der Waals surface area contributed by atoms with Crippen LogP contribution < -0.4 is 5.76 Å². The van der Waals surface area contributed by atoms with Crippen LogP contribution in [0.15, 0.2) is 68.2 Å². The molecule has 0 saturated carbocycles. The first-order chi connectivity index (χ1) is 13.1. The molecule has 0 N–H and O–H groups in total. The summed E-state index contributed by atoms with van der Waals surface area (Å²) in [6.07, 6.45) is -0.753. The number of esters is 1. The molecule has 0 aliphatic rings. The minimum atomic E-state index is -0.753. The van der Waals surface area contributed by atoms with Crippen molar-refractivity contribution in [1.29, 1.82) is 0 Å². The molecule has 0 fully saturated rings. The molecular formula is C19H15N3O5. The van der Waals surface area contributed by atoms with E-state index in [2.05, 4.69) is 10.2 Å². The van der Waals surface area contributed by atoms with Gasteiger partial charge in [0.15, 0.2) is 11.7 Å². The molecule has 0 aliphatic carbocycles. The predicted octanol–water partition coefficient (Wildman–Crippen LogP) is 2.95. The summed E-state index contributed by atoms with van der Waals surface area (Å²) >= 11 is 0. The Kier molecular flexibility index (Phi) is 4.29. The molecule has 27 heavy (non-hydrogen) atoms. The van der Waals surface area contributed by atoms with Crippen LogP contribution in [0.1, 0.15) is 18.9 Å². The van der Waals surface area contributed by atoms with E-state index < -0.39 is 17.8 Å². The highest BCUT2D eigenvalue weighted by Crippen LogP contribution is 2.22. The fraction of sp³-hybridized carbons (Fsp3) is 0.158. The Labute approximate surface area is 153 Å².